The third-order valence-corrected chi connectivity index (χ3v) is 3.39. The second kappa shape index (κ2) is 5.81. The van der Waals surface area contributed by atoms with Crippen molar-refractivity contribution in [3.63, 3.8) is 0 Å². The zero-order chi connectivity index (χ0) is 15.5. The fraction of sp³-hybridized carbons (Fsp3) is 0.118. The number of anilines is 1. The summed E-state index contributed by atoms with van der Waals surface area (Å²) in [4.78, 5) is 4.06. The van der Waals surface area contributed by atoms with E-state index in [4.69, 9.17) is 9.15 Å². The number of rotatable bonds is 4. The molecule has 0 aliphatic carbocycles. The first-order valence-corrected chi connectivity index (χ1v) is 6.83. The van der Waals surface area contributed by atoms with Crippen LogP contribution in [0.25, 0.3) is 22.5 Å². The zero-order valence-electron chi connectivity index (χ0n) is 12.3. The number of furan rings is 1. The average molecular weight is 296 g/mol. The molecule has 0 saturated carbocycles. The minimum Gasteiger partial charge on any atom is -0.504 e. The van der Waals surface area contributed by atoms with Crippen LogP contribution in [0.2, 0.25) is 0 Å². The maximum atomic E-state index is 10.6. The number of ether oxygens (including phenoxy) is 1. The first kappa shape index (κ1) is 14.0. The lowest BCUT2D eigenvalue weighted by Crippen LogP contribution is -1.89. The summed E-state index contributed by atoms with van der Waals surface area (Å²) in [6.45, 7) is 0. The first-order chi connectivity index (χ1) is 10.7. The Morgan fingerprint density at radius 1 is 1.18 bits per heavy atom. The monoisotopic (exact) mass is 296 g/mol. The molecule has 5 heteroatoms. The molecule has 0 atom stereocenters. The Morgan fingerprint density at radius 2 is 2.00 bits per heavy atom. The predicted molar refractivity (Wildman–Crippen MR) is 85.1 cm³/mol. The smallest absolute Gasteiger partial charge is 0.205 e. The van der Waals surface area contributed by atoms with E-state index in [0.717, 1.165) is 5.56 Å². The Kier molecular flexibility index (Phi) is 3.70. The summed E-state index contributed by atoms with van der Waals surface area (Å²) < 4.78 is 11.0. The van der Waals surface area contributed by atoms with Crippen LogP contribution in [0.3, 0.4) is 0 Å². The van der Waals surface area contributed by atoms with Crippen LogP contribution in [0.15, 0.2) is 53.2 Å². The Balaban J connectivity index is 2.17. The van der Waals surface area contributed by atoms with Gasteiger partial charge in [0, 0.05) is 25.0 Å². The van der Waals surface area contributed by atoms with E-state index in [1.54, 1.807) is 32.6 Å². The van der Waals surface area contributed by atoms with Crippen molar-refractivity contribution < 1.29 is 14.3 Å². The van der Waals surface area contributed by atoms with Crippen LogP contribution < -0.4 is 10.1 Å². The third-order valence-electron chi connectivity index (χ3n) is 3.39. The Morgan fingerprint density at radius 3 is 2.68 bits per heavy atom. The van der Waals surface area contributed by atoms with Crippen molar-refractivity contribution in [3.8, 4) is 33.9 Å². The SMILES string of the molecule is CNc1oc(-c2cccnc2)c(O)c1-c1cccc(OC)c1. The molecular formula is C17H16N2O3. The third kappa shape index (κ3) is 2.37. The van der Waals surface area contributed by atoms with Gasteiger partial charge in [-0.25, -0.2) is 0 Å². The van der Waals surface area contributed by atoms with Crippen molar-refractivity contribution in [1.29, 1.82) is 0 Å². The van der Waals surface area contributed by atoms with Crippen LogP contribution in [0.4, 0.5) is 5.88 Å². The molecule has 0 aliphatic rings. The molecule has 22 heavy (non-hydrogen) atoms. The van der Waals surface area contributed by atoms with Crippen molar-refractivity contribution in [2.24, 2.45) is 0 Å². The van der Waals surface area contributed by atoms with Gasteiger partial charge in [0.1, 0.15) is 5.75 Å². The molecule has 3 rings (SSSR count). The lowest BCUT2D eigenvalue weighted by Gasteiger charge is -2.05. The summed E-state index contributed by atoms with van der Waals surface area (Å²) in [7, 11) is 3.35. The second-order valence-corrected chi connectivity index (χ2v) is 4.71. The van der Waals surface area contributed by atoms with Gasteiger partial charge in [-0.2, -0.15) is 0 Å². The highest BCUT2D eigenvalue weighted by Crippen LogP contribution is 2.46. The molecular weight excluding hydrogens is 280 g/mol. The first-order valence-electron chi connectivity index (χ1n) is 6.83. The van der Waals surface area contributed by atoms with Crippen molar-refractivity contribution in [3.05, 3.63) is 48.8 Å². The van der Waals surface area contributed by atoms with Gasteiger partial charge in [-0.15, -0.1) is 0 Å². The van der Waals surface area contributed by atoms with Crippen molar-refractivity contribution >= 4 is 5.88 Å². The number of methoxy groups -OCH3 is 1. The van der Waals surface area contributed by atoms with E-state index in [-0.39, 0.29) is 5.75 Å². The lowest BCUT2D eigenvalue weighted by molar-refractivity contribution is 0.415. The summed E-state index contributed by atoms with van der Waals surface area (Å²) in [6, 6.07) is 11.1. The standard InChI is InChI=1S/C17H16N2O3/c1-18-17-14(11-5-3-7-13(9-11)21-2)15(20)16(22-17)12-6-4-8-19-10-12/h3-10,18,20H,1-2H3. The van der Waals surface area contributed by atoms with Crippen molar-refractivity contribution in [2.45, 2.75) is 0 Å². The van der Waals surface area contributed by atoms with Gasteiger partial charge in [0.15, 0.2) is 11.5 Å². The number of hydrogen-bond donors (Lipinski definition) is 2. The van der Waals surface area contributed by atoms with Crippen LogP contribution in [0.1, 0.15) is 0 Å². The lowest BCUT2D eigenvalue weighted by atomic mass is 10.1. The molecule has 2 heterocycles. The average Bonchev–Trinajstić information content (AvgIpc) is 2.92. The minimum atomic E-state index is 0.0746. The highest BCUT2D eigenvalue weighted by Gasteiger charge is 2.22. The number of hydrogen-bond acceptors (Lipinski definition) is 5. The van der Waals surface area contributed by atoms with Gasteiger partial charge in [0.25, 0.3) is 0 Å². The summed E-state index contributed by atoms with van der Waals surface area (Å²) in [5, 5.41) is 13.6. The molecule has 0 fully saturated rings. The molecule has 2 N–H and O–H groups in total. The number of benzene rings is 1. The number of aromatic hydroxyl groups is 1. The number of nitrogens with one attached hydrogen (secondary N) is 1. The van der Waals surface area contributed by atoms with Crippen molar-refractivity contribution in [2.75, 3.05) is 19.5 Å². The summed E-state index contributed by atoms with van der Waals surface area (Å²) in [5.74, 6) is 1.66. The van der Waals surface area contributed by atoms with E-state index in [1.807, 2.05) is 30.3 Å². The normalized spacial score (nSPS) is 10.5. The van der Waals surface area contributed by atoms with Gasteiger partial charge >= 0.3 is 0 Å². The van der Waals surface area contributed by atoms with Crippen LogP contribution in [-0.4, -0.2) is 24.2 Å². The summed E-state index contributed by atoms with van der Waals surface area (Å²) in [6.07, 6.45) is 3.32. The highest BCUT2D eigenvalue weighted by molar-refractivity contribution is 5.87. The van der Waals surface area contributed by atoms with Gasteiger partial charge in [-0.05, 0) is 29.8 Å². The molecule has 0 amide bonds. The molecule has 0 unspecified atom stereocenters. The zero-order valence-corrected chi connectivity index (χ0v) is 12.3. The van der Waals surface area contributed by atoms with Crippen molar-refractivity contribution in [1.82, 2.24) is 4.98 Å². The highest BCUT2D eigenvalue weighted by atomic mass is 16.5. The molecule has 0 saturated heterocycles. The maximum Gasteiger partial charge on any atom is 0.205 e. The summed E-state index contributed by atoms with van der Waals surface area (Å²) >= 11 is 0. The Labute approximate surface area is 128 Å². The molecule has 0 aliphatic heterocycles. The number of nitrogens with zero attached hydrogens (tertiary/aromatic N) is 1. The largest absolute Gasteiger partial charge is 0.504 e. The predicted octanol–water partition coefficient (Wildman–Crippen LogP) is 3.76. The molecule has 0 radical (unpaired) electrons. The van der Waals surface area contributed by atoms with Gasteiger partial charge in [0.05, 0.1) is 12.7 Å². The van der Waals surface area contributed by atoms with E-state index in [0.29, 0.717) is 28.5 Å². The second-order valence-electron chi connectivity index (χ2n) is 4.71. The fourth-order valence-electron chi connectivity index (χ4n) is 2.34. The van der Waals surface area contributed by atoms with E-state index in [1.165, 1.54) is 0 Å². The Hall–Kier alpha value is -2.95. The molecule has 3 aromatic rings. The van der Waals surface area contributed by atoms with Gasteiger partial charge in [-0.1, -0.05) is 12.1 Å². The molecule has 112 valence electrons. The van der Waals surface area contributed by atoms with Crippen LogP contribution in [0, 0.1) is 0 Å². The number of pyridine rings is 1. The molecule has 0 bridgehead atoms. The van der Waals surface area contributed by atoms with Crippen LogP contribution in [0.5, 0.6) is 11.5 Å². The molecule has 5 nitrogen and oxygen atoms in total. The minimum absolute atomic E-state index is 0.0746. The topological polar surface area (TPSA) is 67.5 Å². The molecule has 0 spiro atoms. The fourth-order valence-corrected chi connectivity index (χ4v) is 2.34. The molecule has 1 aromatic carbocycles. The van der Waals surface area contributed by atoms with Crippen LogP contribution in [-0.2, 0) is 0 Å². The van der Waals surface area contributed by atoms with Gasteiger partial charge in [0.2, 0.25) is 5.88 Å². The quantitative estimate of drug-likeness (QED) is 0.767. The van der Waals surface area contributed by atoms with E-state index in [9.17, 15) is 5.11 Å². The Bertz CT molecular complexity index is 782. The van der Waals surface area contributed by atoms with Crippen LogP contribution >= 0.6 is 0 Å². The number of aromatic nitrogens is 1. The molecule has 2 aromatic heterocycles. The summed E-state index contributed by atoms with van der Waals surface area (Å²) in [5.41, 5.74) is 2.12. The van der Waals surface area contributed by atoms with Gasteiger partial charge < -0.3 is 19.6 Å². The van der Waals surface area contributed by atoms with E-state index in [2.05, 4.69) is 10.3 Å². The van der Waals surface area contributed by atoms with E-state index >= 15 is 0 Å². The van der Waals surface area contributed by atoms with Gasteiger partial charge in [-0.3, -0.25) is 4.98 Å². The van der Waals surface area contributed by atoms with E-state index < -0.39 is 0 Å². The maximum absolute atomic E-state index is 10.6.